The zero-order valence-corrected chi connectivity index (χ0v) is 23.2. The van der Waals surface area contributed by atoms with E-state index in [2.05, 4.69) is 5.32 Å². The topological polar surface area (TPSA) is 69.7 Å². The maximum absolute atomic E-state index is 14.0. The van der Waals surface area contributed by atoms with E-state index in [0.29, 0.717) is 12.5 Å². The molecule has 15 heteroatoms. The Morgan fingerprint density at radius 3 is 2.14 bits per heavy atom. The molecule has 1 aliphatic carbocycles. The zero-order valence-electron chi connectivity index (χ0n) is 20.0. The van der Waals surface area contributed by atoms with Gasteiger partial charge in [0.2, 0.25) is 15.9 Å². The van der Waals surface area contributed by atoms with Crippen LogP contribution < -0.4 is 5.32 Å². The van der Waals surface area contributed by atoms with E-state index in [-0.39, 0.29) is 68.7 Å². The summed E-state index contributed by atoms with van der Waals surface area (Å²) >= 11 is 11.9. The fraction of sp³-hybridized carbons (Fsp3) is 0.682. The van der Waals surface area contributed by atoms with E-state index in [0.717, 1.165) is 6.07 Å². The molecule has 0 bridgehead atoms. The Morgan fingerprint density at radius 2 is 1.62 bits per heavy atom. The summed E-state index contributed by atoms with van der Waals surface area (Å²) in [5.74, 6) is -3.80. The van der Waals surface area contributed by atoms with Crippen molar-refractivity contribution in [1.29, 1.82) is 0 Å². The van der Waals surface area contributed by atoms with Crippen molar-refractivity contribution in [2.45, 2.75) is 56.7 Å². The van der Waals surface area contributed by atoms with Crippen LogP contribution in [-0.4, -0.2) is 73.5 Å². The minimum absolute atomic E-state index is 0. The molecule has 1 saturated carbocycles. The number of halogens is 8. The third kappa shape index (κ3) is 7.39. The third-order valence-corrected chi connectivity index (χ3v) is 9.66. The summed E-state index contributed by atoms with van der Waals surface area (Å²) < 4.78 is 94.0. The number of nitrogens with one attached hydrogen (secondary N) is 1. The Morgan fingerprint density at radius 1 is 1.05 bits per heavy atom. The first kappa shape index (κ1) is 32.3. The van der Waals surface area contributed by atoms with Crippen LogP contribution in [0.4, 0.5) is 22.0 Å². The van der Waals surface area contributed by atoms with E-state index in [1.54, 1.807) is 6.92 Å². The smallest absolute Gasteiger partial charge is 0.350 e. The van der Waals surface area contributed by atoms with Gasteiger partial charge in [0.05, 0.1) is 26.9 Å². The Balaban J connectivity index is 0.00000481. The van der Waals surface area contributed by atoms with Crippen molar-refractivity contribution in [2.75, 3.05) is 38.5 Å². The van der Waals surface area contributed by atoms with Gasteiger partial charge < -0.3 is 5.32 Å². The van der Waals surface area contributed by atoms with Gasteiger partial charge in [0.25, 0.3) is 5.91 Å². The summed E-state index contributed by atoms with van der Waals surface area (Å²) in [5, 5.41) is 1.45. The van der Waals surface area contributed by atoms with Crippen molar-refractivity contribution >= 4 is 51.5 Å². The number of carbonyl (C=O) groups is 1. The van der Waals surface area contributed by atoms with Gasteiger partial charge in [-0.25, -0.2) is 17.2 Å². The average molecular weight is 617 g/mol. The fourth-order valence-electron chi connectivity index (χ4n) is 4.83. The van der Waals surface area contributed by atoms with E-state index >= 15 is 0 Å². The highest BCUT2D eigenvalue weighted by atomic mass is 35.5. The van der Waals surface area contributed by atoms with Gasteiger partial charge in [-0.2, -0.15) is 17.5 Å². The number of amides is 1. The quantitative estimate of drug-likeness (QED) is 0.413. The van der Waals surface area contributed by atoms with Crippen molar-refractivity contribution in [2.24, 2.45) is 0 Å². The largest absolute Gasteiger partial charge is 0.417 e. The monoisotopic (exact) mass is 615 g/mol. The molecular formula is C22H29Cl3F5N3O3S. The first-order valence-electron chi connectivity index (χ1n) is 11.6. The van der Waals surface area contributed by atoms with E-state index in [1.807, 2.05) is 4.90 Å². The summed E-state index contributed by atoms with van der Waals surface area (Å²) in [4.78, 5) is 14.8. The molecule has 0 unspecified atom stereocenters. The third-order valence-electron chi connectivity index (χ3n) is 6.88. The van der Waals surface area contributed by atoms with Crippen LogP contribution in [0.3, 0.4) is 0 Å². The average Bonchev–Trinajstić information content (AvgIpc) is 2.78. The number of piperazine rings is 1. The van der Waals surface area contributed by atoms with E-state index in [1.165, 1.54) is 4.31 Å². The van der Waals surface area contributed by atoms with E-state index in [9.17, 15) is 35.2 Å². The molecule has 1 amide bonds. The number of alkyl halides is 5. The SMILES string of the molecule is CCCS(=O)(=O)N1CCN(C2(CNC(=O)c3c(Cl)ccc(C(F)(F)F)c3Cl)CCC(F)(F)CC2)CC1.Cl. The highest BCUT2D eigenvalue weighted by Crippen LogP contribution is 2.42. The molecule has 2 fully saturated rings. The fourth-order valence-corrected chi connectivity index (χ4v) is 6.97. The van der Waals surface area contributed by atoms with E-state index in [4.69, 9.17) is 23.2 Å². The van der Waals surface area contributed by atoms with Crippen molar-refractivity contribution in [3.05, 3.63) is 33.3 Å². The molecule has 1 heterocycles. The minimum Gasteiger partial charge on any atom is -0.350 e. The summed E-state index contributed by atoms with van der Waals surface area (Å²) in [6.45, 7) is 2.54. The maximum Gasteiger partial charge on any atom is 0.417 e. The van der Waals surface area contributed by atoms with Crippen molar-refractivity contribution in [3.63, 3.8) is 0 Å². The molecule has 6 nitrogen and oxygen atoms in total. The lowest BCUT2D eigenvalue weighted by atomic mass is 9.78. The Labute approximate surface area is 229 Å². The lowest BCUT2D eigenvalue weighted by molar-refractivity contribution is -0.137. The first-order valence-corrected chi connectivity index (χ1v) is 13.9. The second-order valence-corrected chi connectivity index (χ2v) is 12.1. The molecule has 0 radical (unpaired) electrons. The minimum atomic E-state index is -4.80. The lowest BCUT2D eigenvalue weighted by Crippen LogP contribution is -2.63. The maximum atomic E-state index is 14.0. The standard InChI is InChI=1S/C22H28Cl2F5N3O3S.ClH/c1-2-13-36(34,35)32-11-9-31(10-12-32)20(5-7-21(25,26)8-6-20)14-30-19(33)17-16(23)4-3-15(18(17)24)22(27,28)29;/h3-4H,2,5-14H2,1H3,(H,30,33);1H. The van der Waals surface area contributed by atoms with Crippen LogP contribution in [0.1, 0.15) is 54.9 Å². The molecule has 37 heavy (non-hydrogen) atoms. The molecule has 1 N–H and O–H groups in total. The van der Waals surface area contributed by atoms with Crippen LogP contribution in [0.15, 0.2) is 12.1 Å². The summed E-state index contributed by atoms with van der Waals surface area (Å²) in [6.07, 6.45) is -5.15. The van der Waals surface area contributed by atoms with Gasteiger partial charge in [-0.3, -0.25) is 9.69 Å². The second kappa shape index (κ2) is 12.1. The number of sulfonamides is 1. The van der Waals surface area contributed by atoms with Gasteiger partial charge in [-0.05, 0) is 31.4 Å². The van der Waals surface area contributed by atoms with Crippen molar-refractivity contribution in [1.82, 2.24) is 14.5 Å². The molecular weight excluding hydrogens is 588 g/mol. The molecule has 0 atom stereocenters. The van der Waals surface area contributed by atoms with Crippen molar-refractivity contribution in [3.8, 4) is 0 Å². The molecule has 212 valence electrons. The summed E-state index contributed by atoms with van der Waals surface area (Å²) in [5.41, 5.74) is -2.67. The normalized spacial score (nSPS) is 20.8. The predicted octanol–water partition coefficient (Wildman–Crippen LogP) is 5.47. The van der Waals surface area contributed by atoms with Crippen molar-refractivity contribution < 1.29 is 35.2 Å². The van der Waals surface area contributed by atoms with Gasteiger partial charge in [0.1, 0.15) is 0 Å². The van der Waals surface area contributed by atoms with Crippen LogP contribution in [0.2, 0.25) is 10.0 Å². The van der Waals surface area contributed by atoms with Crippen LogP contribution >= 0.6 is 35.6 Å². The molecule has 1 saturated heterocycles. The number of nitrogens with zero attached hydrogens (tertiary/aromatic N) is 2. The van der Waals surface area contributed by atoms with Gasteiger partial charge in [0.15, 0.2) is 0 Å². The zero-order chi connectivity index (χ0) is 26.9. The number of rotatable bonds is 7. The predicted molar refractivity (Wildman–Crippen MR) is 134 cm³/mol. The molecule has 3 rings (SSSR count). The first-order chi connectivity index (χ1) is 16.6. The highest BCUT2D eigenvalue weighted by molar-refractivity contribution is 7.89. The highest BCUT2D eigenvalue weighted by Gasteiger charge is 2.48. The number of hydrogen-bond donors (Lipinski definition) is 1. The number of hydrogen-bond acceptors (Lipinski definition) is 4. The summed E-state index contributed by atoms with van der Waals surface area (Å²) in [6, 6.07) is 1.61. The Kier molecular flexibility index (Phi) is 10.5. The molecule has 0 aromatic heterocycles. The van der Waals surface area contributed by atoms with Crippen LogP contribution in [0, 0.1) is 0 Å². The second-order valence-electron chi connectivity index (χ2n) is 9.25. The van der Waals surface area contributed by atoms with Crippen LogP contribution in [-0.2, 0) is 16.2 Å². The molecule has 1 aromatic rings. The van der Waals surface area contributed by atoms with Gasteiger partial charge in [-0.15, -0.1) is 12.4 Å². The van der Waals surface area contributed by atoms with Gasteiger partial charge in [-0.1, -0.05) is 30.1 Å². The molecule has 0 spiro atoms. The van der Waals surface area contributed by atoms with Crippen LogP contribution in [0.5, 0.6) is 0 Å². The summed E-state index contributed by atoms with van der Waals surface area (Å²) in [7, 11) is -3.42. The number of benzene rings is 1. The lowest BCUT2D eigenvalue weighted by Gasteiger charge is -2.50. The number of carbonyl (C=O) groups excluding carboxylic acids is 1. The molecule has 1 aliphatic heterocycles. The van der Waals surface area contributed by atoms with Gasteiger partial charge in [0, 0.05) is 51.1 Å². The Hall–Kier alpha value is -0.920. The molecule has 1 aromatic carbocycles. The molecule has 2 aliphatic rings. The Bertz CT molecular complexity index is 1070. The van der Waals surface area contributed by atoms with E-state index < -0.39 is 62.6 Å². The van der Waals surface area contributed by atoms with Gasteiger partial charge >= 0.3 is 6.18 Å². The van der Waals surface area contributed by atoms with Crippen LogP contribution in [0.25, 0.3) is 0 Å².